The van der Waals surface area contributed by atoms with E-state index in [1.54, 1.807) is 6.92 Å². The minimum atomic E-state index is -3.75. The zero-order chi connectivity index (χ0) is 14.2. The molecule has 1 atom stereocenters. The van der Waals surface area contributed by atoms with Gasteiger partial charge in [0.25, 0.3) is 0 Å². The second kappa shape index (κ2) is 5.04. The van der Waals surface area contributed by atoms with Crippen molar-refractivity contribution in [2.45, 2.75) is 17.2 Å². The lowest BCUT2D eigenvalue weighted by atomic mass is 10.3. The Morgan fingerprint density at radius 1 is 1.53 bits per heavy atom. The smallest absolute Gasteiger partial charge is 0.243 e. The third kappa shape index (κ3) is 3.21. The fourth-order valence-electron chi connectivity index (χ4n) is 1.34. The normalized spacial score (nSPS) is 13.4. The Labute approximate surface area is 118 Å². The van der Waals surface area contributed by atoms with Gasteiger partial charge in [0.2, 0.25) is 15.9 Å². The van der Waals surface area contributed by atoms with Crippen LogP contribution in [0.25, 0.3) is 10.2 Å². The number of carbonyl (C=O) groups excluding carboxylic acids is 1. The number of primary sulfonamides is 1. The molecule has 19 heavy (non-hydrogen) atoms. The lowest BCUT2D eigenvalue weighted by molar-refractivity contribution is -0.115. The molecule has 102 valence electrons. The second-order valence-corrected chi connectivity index (χ2v) is 7.05. The summed E-state index contributed by atoms with van der Waals surface area (Å²) in [5.41, 5.74) is 0.579. The molecule has 0 aliphatic rings. The molecule has 6 nitrogen and oxygen atoms in total. The van der Waals surface area contributed by atoms with Crippen molar-refractivity contribution < 1.29 is 13.2 Å². The highest BCUT2D eigenvalue weighted by molar-refractivity contribution is 7.89. The number of carbonyl (C=O) groups is 1. The third-order valence-corrected chi connectivity index (χ3v) is 4.32. The zero-order valence-corrected chi connectivity index (χ0v) is 12.1. The fraction of sp³-hybridized carbons (Fsp3) is 0.200. The molecule has 1 unspecified atom stereocenters. The molecule has 1 heterocycles. The number of nitrogens with one attached hydrogen (secondary N) is 1. The minimum Gasteiger partial charge on any atom is -0.301 e. The van der Waals surface area contributed by atoms with Crippen LogP contribution < -0.4 is 10.5 Å². The van der Waals surface area contributed by atoms with Crippen molar-refractivity contribution in [1.82, 2.24) is 4.98 Å². The molecule has 1 aromatic carbocycles. The largest absolute Gasteiger partial charge is 0.301 e. The monoisotopic (exact) mass is 319 g/mol. The second-order valence-electron chi connectivity index (χ2n) is 3.80. The number of halogens is 1. The van der Waals surface area contributed by atoms with Gasteiger partial charge in [-0.1, -0.05) is 11.3 Å². The average Bonchev–Trinajstić information content (AvgIpc) is 2.68. The number of amides is 1. The van der Waals surface area contributed by atoms with E-state index in [9.17, 15) is 13.2 Å². The first kappa shape index (κ1) is 14.2. The van der Waals surface area contributed by atoms with Crippen molar-refractivity contribution in [3.8, 4) is 0 Å². The summed E-state index contributed by atoms with van der Waals surface area (Å²) < 4.78 is 23.1. The summed E-state index contributed by atoms with van der Waals surface area (Å²) in [4.78, 5) is 15.6. The van der Waals surface area contributed by atoms with E-state index in [0.717, 1.165) is 11.3 Å². The van der Waals surface area contributed by atoms with Crippen LogP contribution in [0.15, 0.2) is 23.1 Å². The van der Waals surface area contributed by atoms with Crippen molar-refractivity contribution in [3.05, 3.63) is 18.2 Å². The van der Waals surface area contributed by atoms with Gasteiger partial charge in [0.05, 0.1) is 15.1 Å². The van der Waals surface area contributed by atoms with Crippen molar-refractivity contribution in [3.63, 3.8) is 0 Å². The van der Waals surface area contributed by atoms with Gasteiger partial charge >= 0.3 is 0 Å². The predicted octanol–water partition coefficient (Wildman–Crippen LogP) is 1.51. The van der Waals surface area contributed by atoms with Crippen molar-refractivity contribution >= 4 is 54.2 Å². The first-order valence-corrected chi connectivity index (χ1v) is 7.95. The van der Waals surface area contributed by atoms with E-state index in [0.29, 0.717) is 15.3 Å². The van der Waals surface area contributed by atoms with Gasteiger partial charge in [-0.25, -0.2) is 18.5 Å². The predicted molar refractivity (Wildman–Crippen MR) is 74.9 cm³/mol. The Hall–Kier alpha value is -1.22. The number of thiazole rings is 1. The van der Waals surface area contributed by atoms with Crippen LogP contribution >= 0.6 is 22.9 Å². The molecule has 0 aliphatic heterocycles. The maximum absolute atomic E-state index is 11.4. The van der Waals surface area contributed by atoms with Gasteiger partial charge in [-0.15, -0.1) is 11.6 Å². The summed E-state index contributed by atoms with van der Waals surface area (Å²) in [6.45, 7) is 1.54. The molecule has 0 fully saturated rings. The minimum absolute atomic E-state index is 0.00670. The van der Waals surface area contributed by atoms with Crippen LogP contribution in [0.4, 0.5) is 5.13 Å². The number of hydrogen-bond donors (Lipinski definition) is 2. The molecular weight excluding hydrogens is 310 g/mol. The van der Waals surface area contributed by atoms with Crippen LogP contribution in [0.5, 0.6) is 0 Å². The van der Waals surface area contributed by atoms with Crippen LogP contribution in [-0.4, -0.2) is 24.7 Å². The molecule has 9 heteroatoms. The first-order valence-electron chi connectivity index (χ1n) is 5.16. The highest BCUT2D eigenvalue weighted by Crippen LogP contribution is 2.28. The van der Waals surface area contributed by atoms with E-state index >= 15 is 0 Å². The zero-order valence-electron chi connectivity index (χ0n) is 9.75. The van der Waals surface area contributed by atoms with Crippen molar-refractivity contribution in [2.75, 3.05) is 5.32 Å². The summed E-state index contributed by atoms with van der Waals surface area (Å²) in [6.07, 6.45) is 0. The van der Waals surface area contributed by atoms with Crippen LogP contribution in [0, 0.1) is 0 Å². The molecule has 0 spiro atoms. The number of nitrogens with two attached hydrogens (primary N) is 1. The number of rotatable bonds is 3. The summed E-state index contributed by atoms with van der Waals surface area (Å²) in [7, 11) is -3.75. The molecule has 1 amide bonds. The van der Waals surface area contributed by atoms with Gasteiger partial charge in [0, 0.05) is 0 Å². The van der Waals surface area contributed by atoms with Crippen molar-refractivity contribution in [2.24, 2.45) is 5.14 Å². The van der Waals surface area contributed by atoms with Crippen LogP contribution in [0.1, 0.15) is 6.92 Å². The topological polar surface area (TPSA) is 102 Å². The van der Waals surface area contributed by atoms with E-state index < -0.39 is 15.4 Å². The lowest BCUT2D eigenvalue weighted by Crippen LogP contribution is -2.19. The Morgan fingerprint density at radius 3 is 2.79 bits per heavy atom. The molecule has 0 saturated carbocycles. The van der Waals surface area contributed by atoms with Crippen LogP contribution in [-0.2, 0) is 14.8 Å². The molecular formula is C10H10ClN3O3S2. The van der Waals surface area contributed by atoms with Gasteiger partial charge in [0.15, 0.2) is 5.13 Å². The fourth-order valence-corrected chi connectivity index (χ4v) is 2.92. The Balaban J connectivity index is 2.39. The quantitative estimate of drug-likeness (QED) is 0.837. The number of benzene rings is 1. The third-order valence-electron chi connectivity index (χ3n) is 2.28. The highest BCUT2D eigenvalue weighted by Gasteiger charge is 2.14. The molecule has 1 aromatic heterocycles. The number of fused-ring (bicyclic) bond motifs is 1. The van der Waals surface area contributed by atoms with E-state index in [1.165, 1.54) is 18.2 Å². The van der Waals surface area contributed by atoms with E-state index in [2.05, 4.69) is 10.3 Å². The number of sulfonamides is 1. The molecule has 2 aromatic rings. The summed E-state index contributed by atoms with van der Waals surface area (Å²) in [5.74, 6) is -0.368. The maximum Gasteiger partial charge on any atom is 0.243 e. The number of alkyl halides is 1. The SMILES string of the molecule is CC(Cl)C(=O)Nc1nc2ccc(S(N)(=O)=O)cc2s1. The van der Waals surface area contributed by atoms with Gasteiger partial charge in [-0.3, -0.25) is 4.79 Å². The standard InChI is InChI=1S/C10H10ClN3O3S2/c1-5(11)9(15)14-10-13-7-3-2-6(19(12,16)17)4-8(7)18-10/h2-5H,1H3,(H2,12,16,17)(H,13,14,15). The van der Waals surface area contributed by atoms with Crippen LogP contribution in [0.2, 0.25) is 0 Å². The Bertz CT molecular complexity index is 740. The lowest BCUT2D eigenvalue weighted by Gasteiger charge is -2.01. The van der Waals surface area contributed by atoms with Crippen molar-refractivity contribution in [1.29, 1.82) is 0 Å². The number of nitrogens with zero attached hydrogens (tertiary/aromatic N) is 1. The molecule has 0 aliphatic carbocycles. The number of hydrogen-bond acceptors (Lipinski definition) is 5. The molecule has 3 N–H and O–H groups in total. The summed E-state index contributed by atoms with van der Waals surface area (Å²) >= 11 is 6.78. The average molecular weight is 320 g/mol. The van der Waals surface area contributed by atoms with Gasteiger partial charge < -0.3 is 5.32 Å². The molecule has 0 radical (unpaired) electrons. The van der Waals surface area contributed by atoms with E-state index in [-0.39, 0.29) is 10.8 Å². The summed E-state index contributed by atoms with van der Waals surface area (Å²) in [5, 5.41) is 7.28. The Morgan fingerprint density at radius 2 is 2.21 bits per heavy atom. The number of anilines is 1. The maximum atomic E-state index is 11.4. The first-order chi connectivity index (χ1) is 8.77. The van der Waals surface area contributed by atoms with E-state index in [1.807, 2.05) is 0 Å². The highest BCUT2D eigenvalue weighted by atomic mass is 35.5. The van der Waals surface area contributed by atoms with E-state index in [4.69, 9.17) is 16.7 Å². The molecule has 0 saturated heterocycles. The Kier molecular flexibility index (Phi) is 3.77. The molecule has 2 rings (SSSR count). The molecule has 0 bridgehead atoms. The van der Waals surface area contributed by atoms with Gasteiger partial charge in [0.1, 0.15) is 5.38 Å². The van der Waals surface area contributed by atoms with Crippen LogP contribution in [0.3, 0.4) is 0 Å². The van der Waals surface area contributed by atoms with Gasteiger partial charge in [-0.05, 0) is 25.1 Å². The summed E-state index contributed by atoms with van der Waals surface area (Å²) in [6, 6.07) is 4.32. The van der Waals surface area contributed by atoms with Gasteiger partial charge in [-0.2, -0.15) is 0 Å². The number of aromatic nitrogens is 1.